The molecule has 0 unspecified atom stereocenters. The maximum atomic E-state index is 12.8. The molecule has 2 amide bonds. The molecule has 29 heavy (non-hydrogen) atoms. The summed E-state index contributed by atoms with van der Waals surface area (Å²) in [6.45, 7) is 3.65. The van der Waals surface area contributed by atoms with Crippen molar-refractivity contribution in [3.63, 3.8) is 0 Å². The third kappa shape index (κ3) is 4.51. The van der Waals surface area contributed by atoms with Gasteiger partial charge >= 0.3 is 0 Å². The minimum Gasteiger partial charge on any atom is -0.494 e. The molecule has 9 heteroatoms. The van der Waals surface area contributed by atoms with E-state index in [4.69, 9.17) is 4.74 Å². The van der Waals surface area contributed by atoms with Crippen molar-refractivity contribution in [1.29, 1.82) is 0 Å². The van der Waals surface area contributed by atoms with E-state index in [9.17, 15) is 18.0 Å². The van der Waals surface area contributed by atoms with Crippen LogP contribution in [0, 0.1) is 6.92 Å². The van der Waals surface area contributed by atoms with Crippen LogP contribution in [0.4, 0.5) is 17.1 Å². The van der Waals surface area contributed by atoms with Gasteiger partial charge in [0.1, 0.15) is 5.75 Å². The average Bonchev–Trinajstić information content (AvgIpc) is 3.06. The molecule has 0 aliphatic carbocycles. The number of hydrogen-bond donors (Lipinski definition) is 2. The number of nitrogens with one attached hydrogen (secondary N) is 2. The van der Waals surface area contributed by atoms with E-state index in [0.29, 0.717) is 41.3 Å². The number of sulfonamides is 1. The highest BCUT2D eigenvalue weighted by atomic mass is 32.2. The Hall–Kier alpha value is -3.07. The summed E-state index contributed by atoms with van der Waals surface area (Å²) in [5.74, 6) is 0.200. The Morgan fingerprint density at radius 3 is 2.45 bits per heavy atom. The second-order valence-corrected chi connectivity index (χ2v) is 8.45. The van der Waals surface area contributed by atoms with E-state index in [1.807, 2.05) is 0 Å². The molecule has 1 saturated heterocycles. The monoisotopic (exact) mass is 417 g/mol. The van der Waals surface area contributed by atoms with Gasteiger partial charge in [0, 0.05) is 31.6 Å². The Kier molecular flexibility index (Phi) is 5.78. The van der Waals surface area contributed by atoms with Gasteiger partial charge in [0.15, 0.2) is 0 Å². The van der Waals surface area contributed by atoms with Crippen molar-refractivity contribution in [2.24, 2.45) is 0 Å². The zero-order valence-electron chi connectivity index (χ0n) is 16.5. The number of benzene rings is 2. The van der Waals surface area contributed by atoms with E-state index in [1.165, 1.54) is 26.2 Å². The van der Waals surface area contributed by atoms with Gasteiger partial charge in [-0.1, -0.05) is 0 Å². The molecule has 3 rings (SSSR count). The van der Waals surface area contributed by atoms with Crippen LogP contribution in [-0.2, 0) is 19.6 Å². The average molecular weight is 417 g/mol. The summed E-state index contributed by atoms with van der Waals surface area (Å²) in [6, 6.07) is 9.40. The Morgan fingerprint density at radius 1 is 1.14 bits per heavy atom. The van der Waals surface area contributed by atoms with Crippen LogP contribution in [0.1, 0.15) is 25.3 Å². The molecule has 0 aromatic heterocycles. The number of methoxy groups -OCH3 is 1. The molecular formula is C20H23N3O5S. The van der Waals surface area contributed by atoms with Crippen LogP contribution in [0.2, 0.25) is 0 Å². The van der Waals surface area contributed by atoms with Gasteiger partial charge in [-0.3, -0.25) is 14.3 Å². The number of nitrogens with zero attached hydrogens (tertiary/aromatic N) is 1. The summed E-state index contributed by atoms with van der Waals surface area (Å²) in [5.41, 5.74) is 1.96. The van der Waals surface area contributed by atoms with Crippen LogP contribution in [0.5, 0.6) is 5.75 Å². The van der Waals surface area contributed by atoms with Crippen molar-refractivity contribution in [3.8, 4) is 5.75 Å². The maximum absolute atomic E-state index is 12.8. The maximum Gasteiger partial charge on any atom is 0.262 e. The fraction of sp³-hybridized carbons (Fsp3) is 0.300. The zero-order valence-corrected chi connectivity index (χ0v) is 17.3. The lowest BCUT2D eigenvalue weighted by molar-refractivity contribution is -0.117. The number of amides is 2. The van der Waals surface area contributed by atoms with Gasteiger partial charge in [-0.25, -0.2) is 8.42 Å². The molecule has 154 valence electrons. The highest BCUT2D eigenvalue weighted by Crippen LogP contribution is 2.34. The van der Waals surface area contributed by atoms with Gasteiger partial charge in [-0.15, -0.1) is 0 Å². The second-order valence-electron chi connectivity index (χ2n) is 6.80. The number of ether oxygens (including phenoxy) is 1. The number of anilines is 3. The molecule has 1 aliphatic heterocycles. The first-order valence-electron chi connectivity index (χ1n) is 9.11. The third-order valence-corrected chi connectivity index (χ3v) is 6.12. The molecule has 2 N–H and O–H groups in total. The van der Waals surface area contributed by atoms with Gasteiger partial charge < -0.3 is 15.0 Å². The molecule has 0 spiro atoms. The molecule has 1 heterocycles. The smallest absolute Gasteiger partial charge is 0.262 e. The standard InChI is InChI=1S/C20H23N3O5S/c1-13-11-15(21-14(2)24)7-9-19(13)29(26,27)22-16-6-8-17(18(12-16)28-3)23-10-4-5-20(23)25/h6-9,11-12,22H,4-5,10H2,1-3H3,(H,21,24). The SMILES string of the molecule is COc1cc(NS(=O)(=O)c2ccc(NC(C)=O)cc2C)ccc1N1CCCC1=O. The van der Waals surface area contributed by atoms with E-state index >= 15 is 0 Å². The molecule has 8 nitrogen and oxygen atoms in total. The first-order valence-corrected chi connectivity index (χ1v) is 10.6. The van der Waals surface area contributed by atoms with Crippen molar-refractivity contribution in [1.82, 2.24) is 0 Å². The fourth-order valence-electron chi connectivity index (χ4n) is 3.31. The van der Waals surface area contributed by atoms with Crippen LogP contribution in [0.3, 0.4) is 0 Å². The van der Waals surface area contributed by atoms with E-state index < -0.39 is 10.0 Å². The van der Waals surface area contributed by atoms with Crippen LogP contribution < -0.4 is 19.7 Å². The number of hydrogen-bond acceptors (Lipinski definition) is 5. The Bertz CT molecular complexity index is 1070. The van der Waals surface area contributed by atoms with E-state index in [0.717, 1.165) is 6.42 Å². The minimum atomic E-state index is -3.86. The first kappa shape index (κ1) is 20.7. The predicted molar refractivity (Wildman–Crippen MR) is 111 cm³/mol. The van der Waals surface area contributed by atoms with E-state index in [2.05, 4.69) is 10.0 Å². The molecule has 2 aromatic carbocycles. The number of aryl methyl sites for hydroxylation is 1. The van der Waals surface area contributed by atoms with E-state index in [-0.39, 0.29) is 16.7 Å². The van der Waals surface area contributed by atoms with Gasteiger partial charge in [-0.2, -0.15) is 0 Å². The fourth-order valence-corrected chi connectivity index (χ4v) is 4.59. The minimum absolute atomic E-state index is 0.0199. The summed E-state index contributed by atoms with van der Waals surface area (Å²) >= 11 is 0. The first-order chi connectivity index (χ1) is 13.7. The summed E-state index contributed by atoms with van der Waals surface area (Å²) in [7, 11) is -2.38. The number of rotatable bonds is 6. The lowest BCUT2D eigenvalue weighted by atomic mass is 10.2. The summed E-state index contributed by atoms with van der Waals surface area (Å²) < 4.78 is 33.6. The molecule has 1 fully saturated rings. The van der Waals surface area contributed by atoms with Gasteiger partial charge in [0.25, 0.3) is 10.0 Å². The van der Waals surface area contributed by atoms with Crippen LogP contribution in [0.15, 0.2) is 41.3 Å². The Morgan fingerprint density at radius 2 is 1.86 bits per heavy atom. The zero-order chi connectivity index (χ0) is 21.2. The summed E-state index contributed by atoms with van der Waals surface area (Å²) in [6.07, 6.45) is 1.27. The molecule has 0 radical (unpaired) electrons. The van der Waals surface area contributed by atoms with Gasteiger partial charge in [0.05, 0.1) is 23.4 Å². The molecular weight excluding hydrogens is 394 g/mol. The number of carbonyl (C=O) groups is 2. The van der Waals surface area contributed by atoms with Crippen LogP contribution >= 0.6 is 0 Å². The lowest BCUT2D eigenvalue weighted by Gasteiger charge is -2.20. The van der Waals surface area contributed by atoms with Gasteiger partial charge in [-0.05, 0) is 49.2 Å². The predicted octanol–water partition coefficient (Wildman–Crippen LogP) is 2.89. The highest BCUT2D eigenvalue weighted by Gasteiger charge is 2.25. The third-order valence-electron chi connectivity index (χ3n) is 4.58. The van der Waals surface area contributed by atoms with Crippen molar-refractivity contribution < 1.29 is 22.7 Å². The van der Waals surface area contributed by atoms with Crippen LogP contribution in [-0.4, -0.2) is 33.9 Å². The topological polar surface area (TPSA) is 105 Å². The van der Waals surface area contributed by atoms with Gasteiger partial charge in [0.2, 0.25) is 11.8 Å². The second kappa shape index (κ2) is 8.12. The normalized spacial score (nSPS) is 14.0. The molecule has 2 aromatic rings. The van der Waals surface area contributed by atoms with Crippen molar-refractivity contribution in [2.45, 2.75) is 31.6 Å². The molecule has 0 bridgehead atoms. The summed E-state index contributed by atoms with van der Waals surface area (Å²) in [5, 5.41) is 2.62. The molecule has 1 aliphatic rings. The Labute approximate surface area is 169 Å². The Balaban J connectivity index is 1.87. The van der Waals surface area contributed by atoms with Crippen LogP contribution in [0.25, 0.3) is 0 Å². The number of carbonyl (C=O) groups excluding carboxylic acids is 2. The highest BCUT2D eigenvalue weighted by molar-refractivity contribution is 7.92. The summed E-state index contributed by atoms with van der Waals surface area (Å²) in [4.78, 5) is 24.9. The quantitative estimate of drug-likeness (QED) is 0.752. The largest absolute Gasteiger partial charge is 0.494 e. The molecule has 0 atom stereocenters. The lowest BCUT2D eigenvalue weighted by Crippen LogP contribution is -2.24. The molecule has 0 saturated carbocycles. The van der Waals surface area contributed by atoms with Crippen molar-refractivity contribution >= 4 is 38.9 Å². The van der Waals surface area contributed by atoms with E-state index in [1.54, 1.807) is 36.1 Å². The van der Waals surface area contributed by atoms with Crippen molar-refractivity contribution in [2.75, 3.05) is 28.6 Å². The van der Waals surface area contributed by atoms with Crippen molar-refractivity contribution in [3.05, 3.63) is 42.0 Å².